The lowest BCUT2D eigenvalue weighted by molar-refractivity contribution is -0.137. The van der Waals surface area contributed by atoms with E-state index >= 15 is 0 Å². The molecule has 0 aliphatic rings. The Morgan fingerprint density at radius 1 is 1.10 bits per heavy atom. The Bertz CT molecular complexity index is 667. The van der Waals surface area contributed by atoms with Crippen molar-refractivity contribution in [3.63, 3.8) is 0 Å². The molecule has 2 aromatic carbocycles. The first-order valence-electron chi connectivity index (χ1n) is 6.08. The molecule has 0 heterocycles. The summed E-state index contributed by atoms with van der Waals surface area (Å²) >= 11 is 3.21. The highest BCUT2D eigenvalue weighted by Gasteiger charge is 2.31. The average Bonchev–Trinajstić information content (AvgIpc) is 2.40. The summed E-state index contributed by atoms with van der Waals surface area (Å²) in [4.78, 5) is 0. The molecule has 0 aromatic heterocycles. The van der Waals surface area contributed by atoms with Crippen LogP contribution in [-0.2, 0) is 6.18 Å². The van der Waals surface area contributed by atoms with Gasteiger partial charge >= 0.3 is 6.18 Å². The van der Waals surface area contributed by atoms with Gasteiger partial charge in [-0.25, -0.2) is 4.39 Å². The molecule has 0 aliphatic carbocycles. The number of hydrogen-bond acceptors (Lipinski definition) is 1. The minimum atomic E-state index is -4.44. The maximum Gasteiger partial charge on any atom is 0.416 e. The van der Waals surface area contributed by atoms with Crippen molar-refractivity contribution in [1.82, 2.24) is 0 Å². The normalized spacial score (nSPS) is 13.3. The molecule has 6 heteroatoms. The molecule has 2 N–H and O–H groups in total. The minimum Gasteiger partial charge on any atom is -0.320 e. The summed E-state index contributed by atoms with van der Waals surface area (Å²) in [5, 5.41) is 0. The van der Waals surface area contributed by atoms with Crippen molar-refractivity contribution < 1.29 is 17.6 Å². The summed E-state index contributed by atoms with van der Waals surface area (Å²) < 4.78 is 52.1. The van der Waals surface area contributed by atoms with Crippen molar-refractivity contribution in [3.8, 4) is 0 Å². The van der Waals surface area contributed by atoms with Gasteiger partial charge in [0.1, 0.15) is 5.82 Å². The van der Waals surface area contributed by atoms with E-state index in [-0.39, 0.29) is 5.82 Å². The second-order valence-electron chi connectivity index (χ2n) is 4.72. The Hall–Kier alpha value is -1.40. The second kappa shape index (κ2) is 5.77. The van der Waals surface area contributed by atoms with E-state index in [2.05, 4.69) is 15.9 Å². The SMILES string of the molecule is Cc1cc(C(N)c2cc(C(F)(F)F)ccc2Br)ccc1F. The lowest BCUT2D eigenvalue weighted by Crippen LogP contribution is -2.15. The number of nitrogens with two attached hydrogens (primary N) is 1. The van der Waals surface area contributed by atoms with E-state index in [0.29, 0.717) is 21.2 Å². The molecule has 0 saturated heterocycles. The molecular weight excluding hydrogens is 350 g/mol. The highest BCUT2D eigenvalue weighted by atomic mass is 79.9. The molecule has 0 radical (unpaired) electrons. The monoisotopic (exact) mass is 361 g/mol. The van der Waals surface area contributed by atoms with Crippen LogP contribution in [0.5, 0.6) is 0 Å². The predicted octanol–water partition coefficient (Wildman–Crippen LogP) is 4.96. The Morgan fingerprint density at radius 2 is 1.76 bits per heavy atom. The van der Waals surface area contributed by atoms with Crippen LogP contribution in [0.25, 0.3) is 0 Å². The van der Waals surface area contributed by atoms with Crippen molar-refractivity contribution in [2.24, 2.45) is 5.73 Å². The minimum absolute atomic E-state index is 0.302. The molecular formula is C15H12BrF4N. The molecule has 1 atom stereocenters. The van der Waals surface area contributed by atoms with E-state index in [1.54, 1.807) is 6.92 Å². The van der Waals surface area contributed by atoms with Crippen LogP contribution in [0.15, 0.2) is 40.9 Å². The molecule has 0 saturated carbocycles. The molecule has 112 valence electrons. The summed E-state index contributed by atoms with van der Waals surface area (Å²) in [7, 11) is 0. The second-order valence-corrected chi connectivity index (χ2v) is 5.57. The first-order valence-corrected chi connectivity index (χ1v) is 6.87. The molecule has 0 amide bonds. The topological polar surface area (TPSA) is 26.0 Å². The Balaban J connectivity index is 2.47. The number of benzene rings is 2. The van der Waals surface area contributed by atoms with E-state index in [9.17, 15) is 17.6 Å². The quantitative estimate of drug-likeness (QED) is 0.751. The van der Waals surface area contributed by atoms with E-state index in [1.807, 2.05) is 0 Å². The highest BCUT2D eigenvalue weighted by Crippen LogP contribution is 2.35. The highest BCUT2D eigenvalue weighted by molar-refractivity contribution is 9.10. The fraction of sp³-hybridized carbons (Fsp3) is 0.200. The van der Waals surface area contributed by atoms with Crippen LogP contribution in [0.3, 0.4) is 0 Å². The van der Waals surface area contributed by atoms with Crippen molar-refractivity contribution in [3.05, 3.63) is 68.9 Å². The zero-order chi connectivity index (χ0) is 15.8. The third kappa shape index (κ3) is 3.44. The largest absolute Gasteiger partial charge is 0.416 e. The fourth-order valence-corrected chi connectivity index (χ4v) is 2.49. The number of rotatable bonds is 2. The van der Waals surface area contributed by atoms with Crippen LogP contribution in [0.4, 0.5) is 17.6 Å². The molecule has 1 unspecified atom stereocenters. The Labute approximate surface area is 127 Å². The van der Waals surface area contributed by atoms with Crippen LogP contribution in [0.1, 0.15) is 28.3 Å². The summed E-state index contributed by atoms with van der Waals surface area (Å²) in [5.41, 5.74) is 6.51. The van der Waals surface area contributed by atoms with Gasteiger partial charge in [0.05, 0.1) is 11.6 Å². The standard InChI is InChI=1S/C15H12BrF4N/c1-8-6-9(2-5-13(8)17)14(21)11-7-10(15(18,19)20)3-4-12(11)16/h2-7,14H,21H2,1H3. The van der Waals surface area contributed by atoms with Crippen molar-refractivity contribution in [1.29, 1.82) is 0 Å². The van der Waals surface area contributed by atoms with E-state index < -0.39 is 17.8 Å². The van der Waals surface area contributed by atoms with Gasteiger partial charge in [0.2, 0.25) is 0 Å². The maximum absolute atomic E-state index is 13.3. The van der Waals surface area contributed by atoms with E-state index in [4.69, 9.17) is 5.73 Å². The van der Waals surface area contributed by atoms with Gasteiger partial charge in [-0.05, 0) is 47.9 Å². The molecule has 21 heavy (non-hydrogen) atoms. The number of hydrogen-bond donors (Lipinski definition) is 1. The Kier molecular flexibility index (Phi) is 4.39. The first-order chi connectivity index (χ1) is 9.70. The van der Waals surface area contributed by atoms with Crippen LogP contribution < -0.4 is 5.73 Å². The summed E-state index contributed by atoms with van der Waals surface area (Å²) in [5.74, 6) is -0.381. The van der Waals surface area contributed by atoms with E-state index in [1.165, 1.54) is 24.3 Å². The number of alkyl halides is 3. The van der Waals surface area contributed by atoms with Gasteiger partial charge in [0.15, 0.2) is 0 Å². The number of halogens is 5. The van der Waals surface area contributed by atoms with Crippen LogP contribution in [-0.4, -0.2) is 0 Å². The number of aryl methyl sites for hydroxylation is 1. The van der Waals surface area contributed by atoms with Crippen LogP contribution in [0, 0.1) is 12.7 Å². The molecule has 0 bridgehead atoms. The lowest BCUT2D eigenvalue weighted by atomic mass is 9.96. The zero-order valence-corrected chi connectivity index (χ0v) is 12.6. The summed E-state index contributed by atoms with van der Waals surface area (Å²) in [6.45, 7) is 1.58. The Morgan fingerprint density at radius 3 is 2.33 bits per heavy atom. The first kappa shape index (κ1) is 16.0. The molecule has 2 aromatic rings. The van der Waals surface area contributed by atoms with Crippen LogP contribution in [0.2, 0.25) is 0 Å². The molecule has 1 nitrogen and oxygen atoms in total. The van der Waals surface area contributed by atoms with Crippen molar-refractivity contribution >= 4 is 15.9 Å². The molecule has 2 rings (SSSR count). The fourth-order valence-electron chi connectivity index (χ4n) is 2.00. The van der Waals surface area contributed by atoms with Crippen LogP contribution >= 0.6 is 15.9 Å². The van der Waals surface area contributed by atoms with Crippen molar-refractivity contribution in [2.75, 3.05) is 0 Å². The van der Waals surface area contributed by atoms with Gasteiger partial charge in [-0.15, -0.1) is 0 Å². The third-order valence-corrected chi connectivity index (χ3v) is 3.92. The predicted molar refractivity (Wildman–Crippen MR) is 76.3 cm³/mol. The maximum atomic E-state index is 13.3. The van der Waals surface area contributed by atoms with Gasteiger partial charge in [-0.2, -0.15) is 13.2 Å². The van der Waals surface area contributed by atoms with Gasteiger partial charge in [0, 0.05) is 4.47 Å². The average molecular weight is 362 g/mol. The smallest absolute Gasteiger partial charge is 0.320 e. The van der Waals surface area contributed by atoms with Crippen molar-refractivity contribution in [2.45, 2.75) is 19.1 Å². The summed E-state index contributed by atoms with van der Waals surface area (Å²) in [6.07, 6.45) is -4.44. The lowest BCUT2D eigenvalue weighted by Gasteiger charge is -2.17. The van der Waals surface area contributed by atoms with Gasteiger partial charge < -0.3 is 5.73 Å². The molecule has 0 aliphatic heterocycles. The third-order valence-electron chi connectivity index (χ3n) is 3.20. The molecule has 0 fully saturated rings. The zero-order valence-electron chi connectivity index (χ0n) is 11.0. The van der Waals surface area contributed by atoms with E-state index in [0.717, 1.165) is 12.1 Å². The van der Waals surface area contributed by atoms with Gasteiger partial charge in [-0.3, -0.25) is 0 Å². The summed E-state index contributed by atoms with van der Waals surface area (Å²) in [6, 6.07) is 6.79. The van der Waals surface area contributed by atoms with Gasteiger partial charge in [0.25, 0.3) is 0 Å². The molecule has 0 spiro atoms. The van der Waals surface area contributed by atoms with Gasteiger partial charge in [-0.1, -0.05) is 28.1 Å².